The van der Waals surface area contributed by atoms with E-state index < -0.39 is 0 Å². The zero-order valence-corrected chi connectivity index (χ0v) is 13.0. The van der Waals surface area contributed by atoms with Crippen molar-refractivity contribution in [1.29, 1.82) is 0 Å². The maximum atomic E-state index is 11.1. The molecule has 5 heteroatoms. The number of carbonyl (C=O) groups is 1. The van der Waals surface area contributed by atoms with E-state index in [9.17, 15) is 4.79 Å². The fraction of sp³-hybridized carbons (Fsp3) is 0.188. The summed E-state index contributed by atoms with van der Waals surface area (Å²) in [4.78, 5) is 11.1. The number of hydrogen-bond acceptors (Lipinski definition) is 4. The van der Waals surface area contributed by atoms with Crippen LogP contribution in [0.2, 0.25) is 0 Å². The van der Waals surface area contributed by atoms with Crippen molar-refractivity contribution in [1.82, 2.24) is 0 Å². The molecule has 0 amide bonds. The maximum Gasteiger partial charge on any atom is 0.188 e. The second kappa shape index (κ2) is 7.77. The number of para-hydroxylation sites is 1. The molecule has 0 aliphatic heterocycles. The van der Waals surface area contributed by atoms with Crippen LogP contribution in [0.1, 0.15) is 10.4 Å². The third kappa shape index (κ3) is 3.81. The van der Waals surface area contributed by atoms with Crippen molar-refractivity contribution in [2.75, 3.05) is 21.0 Å². The molecular weight excluding hydrogens is 287 g/mol. The SMILES string of the molecule is COCOc1c(OC)cccc1Pc1ccccc1C=O. The molecule has 2 rings (SSSR count). The number of rotatable bonds is 7. The van der Waals surface area contributed by atoms with Gasteiger partial charge in [-0.25, -0.2) is 0 Å². The van der Waals surface area contributed by atoms with Gasteiger partial charge >= 0.3 is 0 Å². The van der Waals surface area contributed by atoms with E-state index in [-0.39, 0.29) is 6.79 Å². The third-order valence-electron chi connectivity index (χ3n) is 2.88. The molecular formula is C16H17O4P. The van der Waals surface area contributed by atoms with Gasteiger partial charge in [-0.3, -0.25) is 4.79 Å². The summed E-state index contributed by atoms with van der Waals surface area (Å²) in [5.41, 5.74) is 0.691. The standard InChI is InChI=1S/C16H17O4P/c1-18-11-20-16-13(19-2)7-5-9-15(16)21-14-8-4-3-6-12(14)10-17/h3-10,21H,11H2,1-2H3. The van der Waals surface area contributed by atoms with Crippen LogP contribution < -0.4 is 20.1 Å². The smallest absolute Gasteiger partial charge is 0.188 e. The zero-order valence-electron chi connectivity index (χ0n) is 12.0. The van der Waals surface area contributed by atoms with Crippen molar-refractivity contribution in [3.05, 3.63) is 48.0 Å². The third-order valence-corrected chi connectivity index (χ3v) is 4.26. The quantitative estimate of drug-likeness (QED) is 0.446. The van der Waals surface area contributed by atoms with Crippen molar-refractivity contribution in [3.63, 3.8) is 0 Å². The second-order valence-electron chi connectivity index (χ2n) is 4.22. The molecule has 2 aromatic rings. The average molecular weight is 304 g/mol. The summed E-state index contributed by atoms with van der Waals surface area (Å²) in [6.07, 6.45) is 0.873. The Labute approximate surface area is 125 Å². The lowest BCUT2D eigenvalue weighted by Gasteiger charge is -2.15. The van der Waals surface area contributed by atoms with Crippen molar-refractivity contribution in [2.24, 2.45) is 0 Å². The van der Waals surface area contributed by atoms with Crippen LogP contribution in [-0.2, 0) is 4.74 Å². The molecule has 0 fully saturated rings. The van der Waals surface area contributed by atoms with Gasteiger partial charge < -0.3 is 14.2 Å². The Morgan fingerprint density at radius 1 is 1.05 bits per heavy atom. The van der Waals surface area contributed by atoms with E-state index in [1.165, 1.54) is 0 Å². The van der Waals surface area contributed by atoms with E-state index >= 15 is 0 Å². The van der Waals surface area contributed by atoms with Crippen LogP contribution in [0.15, 0.2) is 42.5 Å². The monoisotopic (exact) mass is 304 g/mol. The highest BCUT2D eigenvalue weighted by Crippen LogP contribution is 2.30. The summed E-state index contributed by atoms with van der Waals surface area (Å²) in [5, 5.41) is 1.95. The van der Waals surface area contributed by atoms with Crippen molar-refractivity contribution < 1.29 is 19.0 Å². The number of hydrogen-bond donors (Lipinski definition) is 0. The summed E-state index contributed by atoms with van der Waals surface area (Å²) in [6, 6.07) is 13.2. The van der Waals surface area contributed by atoms with Gasteiger partial charge in [0.1, 0.15) is 0 Å². The van der Waals surface area contributed by atoms with Gasteiger partial charge in [-0.2, -0.15) is 0 Å². The van der Waals surface area contributed by atoms with Crippen molar-refractivity contribution in [2.45, 2.75) is 0 Å². The lowest BCUT2D eigenvalue weighted by molar-refractivity contribution is 0.0500. The number of carbonyl (C=O) groups excluding carboxylic acids is 1. The number of methoxy groups -OCH3 is 2. The summed E-state index contributed by atoms with van der Waals surface area (Å²) < 4.78 is 15.9. The molecule has 0 aliphatic carbocycles. The first kappa shape index (κ1) is 15.5. The van der Waals surface area contributed by atoms with Gasteiger partial charge in [0.25, 0.3) is 0 Å². The van der Waals surface area contributed by atoms with Crippen LogP contribution in [0.3, 0.4) is 0 Å². The highest BCUT2D eigenvalue weighted by Gasteiger charge is 2.12. The molecule has 0 spiro atoms. The number of ether oxygens (including phenoxy) is 3. The Bertz CT molecular complexity index is 613. The molecule has 2 aromatic carbocycles. The Balaban J connectivity index is 2.36. The molecule has 1 atom stereocenters. The van der Waals surface area contributed by atoms with Gasteiger partial charge in [-0.05, 0) is 11.4 Å². The fourth-order valence-electron chi connectivity index (χ4n) is 1.90. The maximum absolute atomic E-state index is 11.1. The predicted octanol–water partition coefficient (Wildman–Crippen LogP) is 2.12. The molecule has 0 aromatic heterocycles. The van der Waals surface area contributed by atoms with E-state index in [1.54, 1.807) is 14.2 Å². The van der Waals surface area contributed by atoms with E-state index in [0.29, 0.717) is 25.6 Å². The molecule has 21 heavy (non-hydrogen) atoms. The first-order chi connectivity index (χ1) is 10.3. The molecule has 0 heterocycles. The van der Waals surface area contributed by atoms with Gasteiger partial charge in [-0.15, -0.1) is 0 Å². The normalized spacial score (nSPS) is 10.8. The fourth-order valence-corrected chi connectivity index (χ4v) is 3.15. The van der Waals surface area contributed by atoms with Gasteiger partial charge in [0.05, 0.1) is 7.11 Å². The molecule has 0 bridgehead atoms. The molecule has 4 nitrogen and oxygen atoms in total. The molecule has 0 saturated heterocycles. The number of aldehydes is 1. The van der Waals surface area contributed by atoms with E-state index in [4.69, 9.17) is 14.2 Å². The highest BCUT2D eigenvalue weighted by atomic mass is 31.1. The molecule has 0 saturated carbocycles. The van der Waals surface area contributed by atoms with Crippen molar-refractivity contribution >= 4 is 25.5 Å². The van der Waals surface area contributed by atoms with Crippen LogP contribution in [0.5, 0.6) is 11.5 Å². The molecule has 110 valence electrons. The number of benzene rings is 2. The molecule has 1 unspecified atom stereocenters. The summed E-state index contributed by atoms with van der Waals surface area (Å²) in [7, 11) is 3.47. The minimum absolute atomic E-state index is 0.146. The lowest BCUT2D eigenvalue weighted by Crippen LogP contribution is -2.13. The van der Waals surface area contributed by atoms with E-state index in [1.807, 2.05) is 42.5 Å². The van der Waals surface area contributed by atoms with Gasteiger partial charge in [0.2, 0.25) is 0 Å². The Kier molecular flexibility index (Phi) is 5.73. The minimum Gasteiger partial charge on any atom is -0.493 e. The van der Waals surface area contributed by atoms with Crippen molar-refractivity contribution in [3.8, 4) is 11.5 Å². The molecule has 0 radical (unpaired) electrons. The predicted molar refractivity (Wildman–Crippen MR) is 84.9 cm³/mol. The van der Waals surface area contributed by atoms with Crippen LogP contribution >= 0.6 is 8.58 Å². The van der Waals surface area contributed by atoms with Gasteiger partial charge in [0, 0.05) is 18.0 Å². The Hall–Kier alpha value is -1.90. The van der Waals surface area contributed by atoms with E-state index in [2.05, 4.69) is 0 Å². The average Bonchev–Trinajstić information content (AvgIpc) is 2.54. The largest absolute Gasteiger partial charge is 0.493 e. The zero-order chi connectivity index (χ0) is 15.1. The Morgan fingerprint density at radius 3 is 2.52 bits per heavy atom. The summed E-state index contributed by atoms with van der Waals surface area (Å²) in [5.74, 6) is 1.31. The van der Waals surface area contributed by atoms with Crippen LogP contribution in [0, 0.1) is 0 Å². The van der Waals surface area contributed by atoms with Crippen LogP contribution in [0.25, 0.3) is 0 Å². The molecule has 0 aliphatic rings. The summed E-state index contributed by atoms with van der Waals surface area (Å²) in [6.45, 7) is 0.146. The topological polar surface area (TPSA) is 44.8 Å². The van der Waals surface area contributed by atoms with Gasteiger partial charge in [0.15, 0.2) is 24.6 Å². The second-order valence-corrected chi connectivity index (χ2v) is 5.55. The highest BCUT2D eigenvalue weighted by molar-refractivity contribution is 7.56. The first-order valence-corrected chi connectivity index (χ1v) is 7.40. The van der Waals surface area contributed by atoms with Crippen LogP contribution in [-0.4, -0.2) is 27.3 Å². The first-order valence-electron chi connectivity index (χ1n) is 6.40. The minimum atomic E-state index is 0.146. The van der Waals surface area contributed by atoms with E-state index in [0.717, 1.165) is 16.9 Å². The lowest BCUT2D eigenvalue weighted by atomic mass is 10.2. The van der Waals surface area contributed by atoms with Crippen LogP contribution in [0.4, 0.5) is 0 Å². The van der Waals surface area contributed by atoms with Gasteiger partial charge in [-0.1, -0.05) is 45.0 Å². The molecule has 0 N–H and O–H groups in total. The summed E-state index contributed by atoms with van der Waals surface area (Å²) >= 11 is 0. The Morgan fingerprint density at radius 2 is 1.81 bits per heavy atom.